The number of rotatable bonds is 4. The average Bonchev–Trinajstić information content (AvgIpc) is 3.09. The lowest BCUT2D eigenvalue weighted by molar-refractivity contribution is 0.184. The van der Waals surface area contributed by atoms with Crippen molar-refractivity contribution in [2.45, 2.75) is 52.6 Å². The van der Waals surface area contributed by atoms with Crippen molar-refractivity contribution < 1.29 is 0 Å². The molecule has 2 aromatic heterocycles. The summed E-state index contributed by atoms with van der Waals surface area (Å²) in [4.78, 5) is 11.8. The van der Waals surface area contributed by atoms with Crippen LogP contribution in [0, 0.1) is 5.41 Å². The second-order valence-corrected chi connectivity index (χ2v) is 8.25. The van der Waals surface area contributed by atoms with Gasteiger partial charge in [-0.3, -0.25) is 9.88 Å². The van der Waals surface area contributed by atoms with E-state index in [9.17, 15) is 0 Å². The van der Waals surface area contributed by atoms with Crippen LogP contribution in [0.2, 0.25) is 0 Å². The summed E-state index contributed by atoms with van der Waals surface area (Å²) in [7, 11) is 0. The predicted molar refractivity (Wildman–Crippen MR) is 92.8 cm³/mol. The van der Waals surface area contributed by atoms with E-state index < -0.39 is 0 Å². The third kappa shape index (κ3) is 3.93. The molecule has 0 bridgehead atoms. The van der Waals surface area contributed by atoms with Gasteiger partial charge in [0.05, 0.1) is 11.4 Å². The van der Waals surface area contributed by atoms with Gasteiger partial charge in [0.15, 0.2) is 0 Å². The largest absolute Gasteiger partial charge is 0.295 e. The van der Waals surface area contributed by atoms with E-state index in [0.717, 1.165) is 17.2 Å². The first-order chi connectivity index (χ1) is 10.5. The standard InChI is InChI=1S/C18H25N3S/c1-18(2,3)11-15-7-6-10-21(15)12-14-13-22-17(20-14)16-8-4-5-9-19-16/h4-5,8-9,13,15H,6-7,10-12H2,1-3H3. The summed E-state index contributed by atoms with van der Waals surface area (Å²) in [6.45, 7) is 9.20. The van der Waals surface area contributed by atoms with Gasteiger partial charge in [-0.05, 0) is 43.4 Å². The molecule has 1 atom stereocenters. The molecule has 3 rings (SSSR count). The van der Waals surface area contributed by atoms with Gasteiger partial charge in [0.25, 0.3) is 0 Å². The summed E-state index contributed by atoms with van der Waals surface area (Å²) in [6.07, 6.45) is 5.74. The zero-order valence-corrected chi connectivity index (χ0v) is 14.6. The maximum Gasteiger partial charge on any atom is 0.142 e. The molecule has 118 valence electrons. The highest BCUT2D eigenvalue weighted by Crippen LogP contribution is 2.31. The molecule has 1 fully saturated rings. The Morgan fingerprint density at radius 2 is 2.18 bits per heavy atom. The fourth-order valence-electron chi connectivity index (χ4n) is 3.24. The van der Waals surface area contributed by atoms with Gasteiger partial charge >= 0.3 is 0 Å². The number of thiazole rings is 1. The van der Waals surface area contributed by atoms with E-state index in [-0.39, 0.29) is 0 Å². The Hall–Kier alpha value is -1.26. The average molecular weight is 315 g/mol. The molecule has 22 heavy (non-hydrogen) atoms. The van der Waals surface area contributed by atoms with Crippen molar-refractivity contribution in [1.29, 1.82) is 0 Å². The van der Waals surface area contributed by atoms with E-state index >= 15 is 0 Å². The van der Waals surface area contributed by atoms with E-state index in [1.807, 2.05) is 24.4 Å². The molecule has 4 heteroatoms. The normalized spacial score (nSPS) is 19.7. The Kier molecular flexibility index (Phi) is 4.59. The molecule has 0 aromatic carbocycles. The molecule has 3 heterocycles. The highest BCUT2D eigenvalue weighted by atomic mass is 32.1. The van der Waals surface area contributed by atoms with Gasteiger partial charge in [0, 0.05) is 24.2 Å². The minimum atomic E-state index is 0.397. The summed E-state index contributed by atoms with van der Waals surface area (Å²) in [6, 6.07) is 6.70. The zero-order chi connectivity index (χ0) is 15.6. The number of aromatic nitrogens is 2. The van der Waals surface area contributed by atoms with Gasteiger partial charge in [-0.1, -0.05) is 26.8 Å². The van der Waals surface area contributed by atoms with Gasteiger partial charge in [-0.25, -0.2) is 4.98 Å². The Labute approximate surface area is 137 Å². The van der Waals surface area contributed by atoms with Crippen molar-refractivity contribution in [1.82, 2.24) is 14.9 Å². The van der Waals surface area contributed by atoms with Gasteiger partial charge in [-0.2, -0.15) is 0 Å². The second-order valence-electron chi connectivity index (χ2n) is 7.39. The van der Waals surface area contributed by atoms with Crippen molar-refractivity contribution >= 4 is 11.3 Å². The highest BCUT2D eigenvalue weighted by molar-refractivity contribution is 7.13. The Balaban J connectivity index is 1.67. The summed E-state index contributed by atoms with van der Waals surface area (Å²) >= 11 is 1.70. The third-order valence-corrected chi connectivity index (χ3v) is 5.06. The van der Waals surface area contributed by atoms with Gasteiger partial charge in [0.2, 0.25) is 0 Å². The topological polar surface area (TPSA) is 29.0 Å². The van der Waals surface area contributed by atoms with Crippen LogP contribution in [0.4, 0.5) is 0 Å². The second kappa shape index (κ2) is 6.47. The van der Waals surface area contributed by atoms with Gasteiger partial charge < -0.3 is 0 Å². The Bertz CT molecular complexity index is 600. The van der Waals surface area contributed by atoms with Crippen LogP contribution in [0.25, 0.3) is 10.7 Å². The summed E-state index contributed by atoms with van der Waals surface area (Å²) in [5.74, 6) is 0. The van der Waals surface area contributed by atoms with Crippen molar-refractivity contribution in [3.8, 4) is 10.7 Å². The van der Waals surface area contributed by atoms with Crippen LogP contribution in [0.3, 0.4) is 0 Å². The number of hydrogen-bond acceptors (Lipinski definition) is 4. The fourth-order valence-corrected chi connectivity index (χ4v) is 4.02. The van der Waals surface area contributed by atoms with E-state index in [0.29, 0.717) is 11.5 Å². The lowest BCUT2D eigenvalue weighted by atomic mass is 9.87. The third-order valence-electron chi connectivity index (χ3n) is 4.15. The zero-order valence-electron chi connectivity index (χ0n) is 13.7. The van der Waals surface area contributed by atoms with Crippen molar-refractivity contribution in [3.63, 3.8) is 0 Å². The summed E-state index contributed by atoms with van der Waals surface area (Å²) < 4.78 is 0. The van der Waals surface area contributed by atoms with E-state index in [2.05, 4.69) is 36.0 Å². The van der Waals surface area contributed by atoms with Crippen LogP contribution in [0.5, 0.6) is 0 Å². The molecule has 1 aliphatic rings. The molecular formula is C18H25N3S. The van der Waals surface area contributed by atoms with Crippen molar-refractivity contribution in [2.75, 3.05) is 6.54 Å². The first kappa shape index (κ1) is 15.6. The smallest absolute Gasteiger partial charge is 0.142 e. The first-order valence-electron chi connectivity index (χ1n) is 8.11. The van der Waals surface area contributed by atoms with Crippen molar-refractivity contribution in [2.24, 2.45) is 5.41 Å². The minimum Gasteiger partial charge on any atom is -0.295 e. The molecule has 1 unspecified atom stereocenters. The molecule has 0 aliphatic carbocycles. The first-order valence-corrected chi connectivity index (χ1v) is 8.99. The van der Waals surface area contributed by atoms with Crippen LogP contribution in [-0.4, -0.2) is 27.5 Å². The van der Waals surface area contributed by atoms with E-state index in [4.69, 9.17) is 4.98 Å². The lowest BCUT2D eigenvalue weighted by Gasteiger charge is -2.29. The predicted octanol–water partition coefficient (Wildman–Crippen LogP) is 4.61. The summed E-state index contributed by atoms with van der Waals surface area (Å²) in [5.41, 5.74) is 2.56. The van der Waals surface area contributed by atoms with Crippen LogP contribution in [-0.2, 0) is 6.54 Å². The van der Waals surface area contributed by atoms with Gasteiger partial charge in [-0.15, -0.1) is 11.3 Å². The number of nitrogens with zero attached hydrogens (tertiary/aromatic N) is 3. The molecular weight excluding hydrogens is 290 g/mol. The molecule has 1 aliphatic heterocycles. The maximum absolute atomic E-state index is 4.79. The number of pyridine rings is 1. The SMILES string of the molecule is CC(C)(C)CC1CCCN1Cc1csc(-c2ccccn2)n1. The lowest BCUT2D eigenvalue weighted by Crippen LogP contribution is -2.32. The van der Waals surface area contributed by atoms with E-state index in [1.54, 1.807) is 11.3 Å². The van der Waals surface area contributed by atoms with Crippen LogP contribution in [0.15, 0.2) is 29.8 Å². The molecule has 0 amide bonds. The minimum absolute atomic E-state index is 0.397. The Morgan fingerprint density at radius 3 is 2.91 bits per heavy atom. The quantitative estimate of drug-likeness (QED) is 0.825. The summed E-state index contributed by atoms with van der Waals surface area (Å²) in [5, 5.41) is 3.22. The highest BCUT2D eigenvalue weighted by Gasteiger charge is 2.28. The fraction of sp³-hybridized carbons (Fsp3) is 0.556. The molecule has 0 radical (unpaired) electrons. The molecule has 1 saturated heterocycles. The molecule has 0 spiro atoms. The molecule has 3 nitrogen and oxygen atoms in total. The van der Waals surface area contributed by atoms with Crippen LogP contribution in [0.1, 0.15) is 45.7 Å². The molecule has 2 aromatic rings. The van der Waals surface area contributed by atoms with Crippen molar-refractivity contribution in [3.05, 3.63) is 35.5 Å². The monoisotopic (exact) mass is 315 g/mol. The van der Waals surface area contributed by atoms with Crippen LogP contribution < -0.4 is 0 Å². The molecule has 0 N–H and O–H groups in total. The number of hydrogen-bond donors (Lipinski definition) is 0. The van der Waals surface area contributed by atoms with Gasteiger partial charge in [0.1, 0.15) is 5.01 Å². The molecule has 0 saturated carbocycles. The Morgan fingerprint density at radius 1 is 1.32 bits per heavy atom. The number of likely N-dealkylation sites (tertiary alicyclic amines) is 1. The van der Waals surface area contributed by atoms with E-state index in [1.165, 1.54) is 31.5 Å². The maximum atomic E-state index is 4.79. The van der Waals surface area contributed by atoms with Crippen LogP contribution >= 0.6 is 11.3 Å².